The van der Waals surface area contributed by atoms with Crippen molar-refractivity contribution in [2.45, 2.75) is 71.6 Å². The van der Waals surface area contributed by atoms with Gasteiger partial charge in [-0.05, 0) is 31.7 Å². The number of nitrogens with two attached hydrogens (primary N) is 1. The molecule has 0 heterocycles. The van der Waals surface area contributed by atoms with Crippen LogP contribution in [0.15, 0.2) is 0 Å². The first kappa shape index (κ1) is 17.4. The first-order valence-corrected chi connectivity index (χ1v) is 7.67. The molecule has 1 atom stereocenters. The van der Waals surface area contributed by atoms with Crippen molar-refractivity contribution < 1.29 is 4.79 Å². The lowest BCUT2D eigenvalue weighted by molar-refractivity contribution is -0.121. The van der Waals surface area contributed by atoms with Crippen LogP contribution in [-0.4, -0.2) is 19.0 Å². The van der Waals surface area contributed by atoms with Gasteiger partial charge >= 0.3 is 0 Å². The SMILES string of the molecule is CCCCCCCCNC(=O)CCC(C)CCN. The lowest BCUT2D eigenvalue weighted by Crippen LogP contribution is -2.24. The van der Waals surface area contributed by atoms with Gasteiger partial charge in [-0.1, -0.05) is 46.0 Å². The predicted octanol–water partition coefficient (Wildman–Crippen LogP) is 3.23. The highest BCUT2D eigenvalue weighted by atomic mass is 16.1. The van der Waals surface area contributed by atoms with Crippen molar-refractivity contribution in [2.75, 3.05) is 13.1 Å². The Morgan fingerprint density at radius 1 is 1.11 bits per heavy atom. The van der Waals surface area contributed by atoms with Gasteiger partial charge < -0.3 is 11.1 Å². The molecule has 3 heteroatoms. The summed E-state index contributed by atoms with van der Waals surface area (Å²) in [4.78, 5) is 11.5. The molecule has 0 bridgehead atoms. The third-order valence-corrected chi connectivity index (χ3v) is 3.38. The molecule has 0 fully saturated rings. The summed E-state index contributed by atoms with van der Waals surface area (Å²) < 4.78 is 0. The smallest absolute Gasteiger partial charge is 0.220 e. The van der Waals surface area contributed by atoms with Crippen molar-refractivity contribution in [3.05, 3.63) is 0 Å². The number of rotatable bonds is 12. The van der Waals surface area contributed by atoms with Gasteiger partial charge in [0.1, 0.15) is 0 Å². The maximum atomic E-state index is 11.5. The van der Waals surface area contributed by atoms with E-state index >= 15 is 0 Å². The molecule has 0 aliphatic rings. The van der Waals surface area contributed by atoms with Crippen molar-refractivity contribution in [3.8, 4) is 0 Å². The van der Waals surface area contributed by atoms with Gasteiger partial charge in [-0.2, -0.15) is 0 Å². The molecule has 0 aliphatic carbocycles. The summed E-state index contributed by atoms with van der Waals surface area (Å²) >= 11 is 0. The molecule has 3 N–H and O–H groups in total. The molecule has 108 valence electrons. The summed E-state index contributed by atoms with van der Waals surface area (Å²) in [5.74, 6) is 0.766. The number of unbranched alkanes of at least 4 members (excludes halogenated alkanes) is 5. The molecule has 0 spiro atoms. The summed E-state index contributed by atoms with van der Waals surface area (Å²) in [6.45, 7) is 5.95. The topological polar surface area (TPSA) is 55.1 Å². The zero-order valence-corrected chi connectivity index (χ0v) is 12.3. The number of hydrogen-bond donors (Lipinski definition) is 2. The van der Waals surface area contributed by atoms with E-state index in [-0.39, 0.29) is 5.91 Å². The number of nitrogens with one attached hydrogen (secondary N) is 1. The van der Waals surface area contributed by atoms with Crippen LogP contribution in [0.1, 0.15) is 71.6 Å². The summed E-state index contributed by atoms with van der Waals surface area (Å²) in [6, 6.07) is 0. The number of amides is 1. The van der Waals surface area contributed by atoms with Crippen LogP contribution in [0.2, 0.25) is 0 Å². The zero-order valence-electron chi connectivity index (χ0n) is 12.3. The first-order chi connectivity index (χ1) is 8.70. The molecule has 1 amide bonds. The molecule has 18 heavy (non-hydrogen) atoms. The third kappa shape index (κ3) is 11.9. The van der Waals surface area contributed by atoms with Crippen LogP contribution >= 0.6 is 0 Å². The highest BCUT2D eigenvalue weighted by Gasteiger charge is 2.05. The van der Waals surface area contributed by atoms with E-state index in [1.807, 2.05) is 0 Å². The molecule has 1 unspecified atom stereocenters. The summed E-state index contributed by atoms with van der Waals surface area (Å²) in [5.41, 5.74) is 5.48. The van der Waals surface area contributed by atoms with Crippen LogP contribution in [-0.2, 0) is 4.79 Å². The quantitative estimate of drug-likeness (QED) is 0.527. The van der Waals surface area contributed by atoms with Crippen molar-refractivity contribution in [1.29, 1.82) is 0 Å². The minimum absolute atomic E-state index is 0.201. The van der Waals surface area contributed by atoms with Gasteiger partial charge in [-0.3, -0.25) is 4.79 Å². The van der Waals surface area contributed by atoms with E-state index in [1.165, 1.54) is 32.1 Å². The average molecular weight is 256 g/mol. The maximum Gasteiger partial charge on any atom is 0.220 e. The Morgan fingerprint density at radius 3 is 2.44 bits per heavy atom. The normalized spacial score (nSPS) is 12.4. The Kier molecular flexibility index (Phi) is 12.5. The van der Waals surface area contributed by atoms with E-state index in [0.29, 0.717) is 12.3 Å². The highest BCUT2D eigenvalue weighted by Crippen LogP contribution is 2.08. The van der Waals surface area contributed by atoms with Crippen molar-refractivity contribution >= 4 is 5.91 Å². The van der Waals surface area contributed by atoms with E-state index in [4.69, 9.17) is 5.73 Å². The highest BCUT2D eigenvalue weighted by molar-refractivity contribution is 5.75. The van der Waals surface area contributed by atoms with Gasteiger partial charge in [-0.25, -0.2) is 0 Å². The Bertz CT molecular complexity index is 195. The van der Waals surface area contributed by atoms with Crippen LogP contribution in [0, 0.1) is 5.92 Å². The lowest BCUT2D eigenvalue weighted by atomic mass is 10.0. The molecule has 3 nitrogen and oxygen atoms in total. The second-order valence-electron chi connectivity index (χ2n) is 5.34. The van der Waals surface area contributed by atoms with E-state index in [9.17, 15) is 4.79 Å². The van der Waals surface area contributed by atoms with Crippen LogP contribution in [0.3, 0.4) is 0 Å². The number of hydrogen-bond acceptors (Lipinski definition) is 2. The Labute approximate surface area is 113 Å². The number of carbonyl (C=O) groups excluding carboxylic acids is 1. The summed E-state index contributed by atoms with van der Waals surface area (Å²) in [7, 11) is 0. The molecule has 0 aromatic carbocycles. The molecular formula is C15H32N2O. The monoisotopic (exact) mass is 256 g/mol. The lowest BCUT2D eigenvalue weighted by Gasteiger charge is -2.09. The second kappa shape index (κ2) is 12.9. The van der Waals surface area contributed by atoms with Crippen molar-refractivity contribution in [1.82, 2.24) is 5.32 Å². The van der Waals surface area contributed by atoms with Gasteiger partial charge in [0, 0.05) is 13.0 Å². The molecule has 0 aliphatic heterocycles. The molecule has 0 radical (unpaired) electrons. The number of carbonyl (C=O) groups is 1. The average Bonchev–Trinajstić information content (AvgIpc) is 2.35. The molecule has 0 saturated heterocycles. The van der Waals surface area contributed by atoms with Gasteiger partial charge in [-0.15, -0.1) is 0 Å². The van der Waals surface area contributed by atoms with Gasteiger partial charge in [0.05, 0.1) is 0 Å². The Morgan fingerprint density at radius 2 is 1.78 bits per heavy atom. The van der Waals surface area contributed by atoms with E-state index < -0.39 is 0 Å². The standard InChI is InChI=1S/C15H32N2O/c1-3-4-5-6-7-8-13-17-15(18)10-9-14(2)11-12-16/h14H,3-13,16H2,1-2H3,(H,17,18). The van der Waals surface area contributed by atoms with Crippen molar-refractivity contribution in [3.63, 3.8) is 0 Å². The molecule has 0 saturated carbocycles. The minimum atomic E-state index is 0.201. The Balaban J connectivity index is 3.26. The molecule has 0 aromatic heterocycles. The van der Waals surface area contributed by atoms with E-state index in [0.717, 1.165) is 32.4 Å². The molecular weight excluding hydrogens is 224 g/mol. The minimum Gasteiger partial charge on any atom is -0.356 e. The summed E-state index contributed by atoms with van der Waals surface area (Å²) in [5, 5.41) is 3.00. The maximum absolute atomic E-state index is 11.5. The fraction of sp³-hybridized carbons (Fsp3) is 0.933. The third-order valence-electron chi connectivity index (χ3n) is 3.38. The van der Waals surface area contributed by atoms with Crippen LogP contribution < -0.4 is 11.1 Å². The first-order valence-electron chi connectivity index (χ1n) is 7.67. The van der Waals surface area contributed by atoms with E-state index in [2.05, 4.69) is 19.2 Å². The Hall–Kier alpha value is -0.570. The fourth-order valence-electron chi connectivity index (χ4n) is 2.03. The van der Waals surface area contributed by atoms with Crippen LogP contribution in [0.4, 0.5) is 0 Å². The predicted molar refractivity (Wildman–Crippen MR) is 78.5 cm³/mol. The van der Waals surface area contributed by atoms with Crippen molar-refractivity contribution in [2.24, 2.45) is 11.7 Å². The van der Waals surface area contributed by atoms with Gasteiger partial charge in [0.25, 0.3) is 0 Å². The molecule has 0 rings (SSSR count). The van der Waals surface area contributed by atoms with Crippen LogP contribution in [0.25, 0.3) is 0 Å². The summed E-state index contributed by atoms with van der Waals surface area (Å²) in [6.07, 6.45) is 10.3. The molecule has 0 aromatic rings. The van der Waals surface area contributed by atoms with E-state index in [1.54, 1.807) is 0 Å². The zero-order chi connectivity index (χ0) is 13.6. The van der Waals surface area contributed by atoms with Gasteiger partial charge in [0.2, 0.25) is 5.91 Å². The van der Waals surface area contributed by atoms with Crippen LogP contribution in [0.5, 0.6) is 0 Å². The largest absolute Gasteiger partial charge is 0.356 e. The fourth-order valence-corrected chi connectivity index (χ4v) is 2.03. The van der Waals surface area contributed by atoms with Gasteiger partial charge in [0.15, 0.2) is 0 Å². The second-order valence-corrected chi connectivity index (χ2v) is 5.34.